The van der Waals surface area contributed by atoms with Gasteiger partial charge in [-0.15, -0.1) is 0 Å². The highest BCUT2D eigenvalue weighted by Crippen LogP contribution is 2.28. The molecule has 1 aromatic rings. The van der Waals surface area contributed by atoms with Crippen LogP contribution in [0.2, 0.25) is 0 Å². The predicted octanol–water partition coefficient (Wildman–Crippen LogP) is 2.03. The summed E-state index contributed by atoms with van der Waals surface area (Å²) in [4.78, 5) is 7.36. The van der Waals surface area contributed by atoms with E-state index in [0.29, 0.717) is 12.6 Å². The number of anilines is 1. The highest BCUT2D eigenvalue weighted by Gasteiger charge is 2.23. The predicted molar refractivity (Wildman–Crippen MR) is 81.0 cm³/mol. The number of fused-ring (bicyclic) bond motifs is 1. The fraction of sp³-hybridized carbons (Fsp3) is 0.688. The monoisotopic (exact) mass is 275 g/mol. The van der Waals surface area contributed by atoms with Crippen LogP contribution in [0.4, 0.5) is 5.82 Å². The van der Waals surface area contributed by atoms with Crippen LogP contribution in [0.5, 0.6) is 0 Å². The molecule has 0 aromatic carbocycles. The first-order valence-electron chi connectivity index (χ1n) is 7.81. The molecule has 0 unspecified atom stereocenters. The number of methoxy groups -OCH3 is 1. The minimum absolute atomic E-state index is 0.408. The maximum atomic E-state index is 5.95. The Bertz CT molecular complexity index is 467. The average molecular weight is 275 g/mol. The van der Waals surface area contributed by atoms with Gasteiger partial charge in [-0.1, -0.05) is 0 Å². The first-order valence-corrected chi connectivity index (χ1v) is 7.81. The fourth-order valence-corrected chi connectivity index (χ4v) is 3.40. The van der Waals surface area contributed by atoms with E-state index in [-0.39, 0.29) is 0 Å². The minimum atomic E-state index is 0.408. The van der Waals surface area contributed by atoms with E-state index in [1.54, 1.807) is 0 Å². The first kappa shape index (κ1) is 13.8. The summed E-state index contributed by atoms with van der Waals surface area (Å²) in [5, 5.41) is 0. The lowest BCUT2D eigenvalue weighted by molar-refractivity contribution is 0.0817. The van der Waals surface area contributed by atoms with Gasteiger partial charge in [0.05, 0.1) is 6.10 Å². The molecule has 20 heavy (non-hydrogen) atoms. The van der Waals surface area contributed by atoms with Crippen molar-refractivity contribution < 1.29 is 4.74 Å². The Morgan fingerprint density at radius 3 is 2.75 bits per heavy atom. The third-order valence-corrected chi connectivity index (χ3v) is 4.65. The molecule has 1 fully saturated rings. The summed E-state index contributed by atoms with van der Waals surface area (Å²) >= 11 is 0. The Hall–Kier alpha value is -1.13. The van der Waals surface area contributed by atoms with E-state index in [4.69, 9.17) is 15.5 Å². The lowest BCUT2D eigenvalue weighted by Gasteiger charge is -2.34. The summed E-state index contributed by atoms with van der Waals surface area (Å²) in [5.41, 5.74) is 9.89. The molecule has 2 heterocycles. The van der Waals surface area contributed by atoms with E-state index >= 15 is 0 Å². The van der Waals surface area contributed by atoms with Crippen molar-refractivity contribution in [3.8, 4) is 0 Å². The van der Waals surface area contributed by atoms with Gasteiger partial charge in [0.1, 0.15) is 5.82 Å². The molecule has 4 heteroatoms. The summed E-state index contributed by atoms with van der Waals surface area (Å²) in [6.07, 6.45) is 7.43. The smallest absolute Gasteiger partial charge is 0.133 e. The summed E-state index contributed by atoms with van der Waals surface area (Å²) < 4.78 is 5.45. The van der Waals surface area contributed by atoms with Crippen LogP contribution in [-0.2, 0) is 24.1 Å². The lowest BCUT2D eigenvalue weighted by Crippen LogP contribution is -2.38. The van der Waals surface area contributed by atoms with Crippen molar-refractivity contribution in [2.75, 3.05) is 25.1 Å². The van der Waals surface area contributed by atoms with E-state index in [9.17, 15) is 0 Å². The number of pyridine rings is 1. The largest absolute Gasteiger partial charge is 0.381 e. The zero-order chi connectivity index (χ0) is 13.9. The Morgan fingerprint density at radius 2 is 2.05 bits per heavy atom. The zero-order valence-electron chi connectivity index (χ0n) is 12.4. The molecule has 2 N–H and O–H groups in total. The number of piperidine rings is 1. The number of aryl methyl sites for hydroxylation is 2. The summed E-state index contributed by atoms with van der Waals surface area (Å²) in [6, 6.07) is 2.30. The Kier molecular flexibility index (Phi) is 4.22. The zero-order valence-corrected chi connectivity index (χ0v) is 12.4. The number of hydrogen-bond acceptors (Lipinski definition) is 4. The molecular weight excluding hydrogens is 250 g/mol. The van der Waals surface area contributed by atoms with Gasteiger partial charge in [0, 0.05) is 38.0 Å². The molecule has 0 radical (unpaired) electrons. The second-order valence-electron chi connectivity index (χ2n) is 5.91. The molecule has 0 amide bonds. The molecule has 1 aliphatic heterocycles. The second kappa shape index (κ2) is 6.10. The van der Waals surface area contributed by atoms with Gasteiger partial charge in [0.15, 0.2) is 0 Å². The van der Waals surface area contributed by atoms with Gasteiger partial charge >= 0.3 is 0 Å². The molecule has 1 aromatic heterocycles. The Morgan fingerprint density at radius 1 is 1.30 bits per heavy atom. The molecule has 0 atom stereocenters. The lowest BCUT2D eigenvalue weighted by atomic mass is 9.94. The van der Waals surface area contributed by atoms with Gasteiger partial charge in [-0.2, -0.15) is 0 Å². The highest BCUT2D eigenvalue weighted by molar-refractivity contribution is 5.51. The van der Waals surface area contributed by atoms with E-state index in [2.05, 4.69) is 11.0 Å². The van der Waals surface area contributed by atoms with E-state index < -0.39 is 0 Å². The van der Waals surface area contributed by atoms with E-state index in [0.717, 1.165) is 38.2 Å². The van der Waals surface area contributed by atoms with Gasteiger partial charge in [-0.25, -0.2) is 4.98 Å². The van der Waals surface area contributed by atoms with E-state index in [1.807, 2.05) is 7.11 Å². The Labute approximate surface area is 121 Å². The number of nitrogens with two attached hydrogens (primary N) is 1. The minimum Gasteiger partial charge on any atom is -0.381 e. The van der Waals surface area contributed by atoms with Gasteiger partial charge in [0.2, 0.25) is 0 Å². The molecule has 0 spiro atoms. The topological polar surface area (TPSA) is 51.4 Å². The molecule has 3 rings (SSSR count). The summed E-state index contributed by atoms with van der Waals surface area (Å²) in [5.74, 6) is 1.13. The normalized spacial score (nSPS) is 20.0. The molecule has 1 saturated heterocycles. The first-order chi connectivity index (χ1) is 9.81. The van der Waals surface area contributed by atoms with Crippen LogP contribution in [0.1, 0.15) is 42.5 Å². The maximum absolute atomic E-state index is 5.95. The molecule has 2 aliphatic rings. The van der Waals surface area contributed by atoms with Crippen LogP contribution >= 0.6 is 0 Å². The van der Waals surface area contributed by atoms with Crippen molar-refractivity contribution in [1.29, 1.82) is 0 Å². The third kappa shape index (κ3) is 2.67. The fourth-order valence-electron chi connectivity index (χ4n) is 3.40. The van der Waals surface area contributed by atoms with Crippen LogP contribution in [0.25, 0.3) is 0 Å². The molecule has 110 valence electrons. The molecular formula is C16H25N3O. The van der Waals surface area contributed by atoms with Crippen molar-refractivity contribution >= 4 is 5.82 Å². The number of nitrogens with zero attached hydrogens (tertiary/aromatic N) is 2. The molecule has 0 saturated carbocycles. The van der Waals surface area contributed by atoms with Gasteiger partial charge in [-0.3, -0.25) is 0 Å². The van der Waals surface area contributed by atoms with Crippen molar-refractivity contribution in [1.82, 2.24) is 4.98 Å². The number of aromatic nitrogens is 1. The van der Waals surface area contributed by atoms with Crippen molar-refractivity contribution in [2.24, 2.45) is 5.73 Å². The van der Waals surface area contributed by atoms with Crippen LogP contribution in [0.3, 0.4) is 0 Å². The van der Waals surface area contributed by atoms with E-state index in [1.165, 1.54) is 36.1 Å². The summed E-state index contributed by atoms with van der Waals surface area (Å²) in [7, 11) is 1.81. The number of hydrogen-bond donors (Lipinski definition) is 1. The van der Waals surface area contributed by atoms with Crippen molar-refractivity contribution in [3.63, 3.8) is 0 Å². The van der Waals surface area contributed by atoms with Crippen LogP contribution < -0.4 is 10.6 Å². The number of rotatable bonds is 3. The van der Waals surface area contributed by atoms with Gasteiger partial charge in [0.25, 0.3) is 0 Å². The average Bonchev–Trinajstić information content (AvgIpc) is 2.53. The van der Waals surface area contributed by atoms with Gasteiger partial charge < -0.3 is 15.4 Å². The molecule has 1 aliphatic carbocycles. The number of ether oxygens (including phenoxy) is 1. The molecule has 0 bridgehead atoms. The van der Waals surface area contributed by atoms with Crippen LogP contribution in [0, 0.1) is 0 Å². The van der Waals surface area contributed by atoms with Crippen LogP contribution in [0.15, 0.2) is 6.07 Å². The summed E-state index contributed by atoms with van der Waals surface area (Å²) in [6.45, 7) is 2.63. The standard InChI is InChI=1S/C16H25N3O/c1-20-14-6-8-19(9-7-14)16-13(11-17)10-12-4-2-3-5-15(12)18-16/h10,14H,2-9,11,17H2,1H3. The van der Waals surface area contributed by atoms with Gasteiger partial charge in [-0.05, 0) is 50.2 Å². The highest BCUT2D eigenvalue weighted by atomic mass is 16.5. The van der Waals surface area contributed by atoms with Crippen LogP contribution in [-0.4, -0.2) is 31.3 Å². The molecule has 4 nitrogen and oxygen atoms in total. The second-order valence-corrected chi connectivity index (χ2v) is 5.91. The SMILES string of the molecule is COC1CCN(c2nc3c(cc2CN)CCCC3)CC1. The van der Waals surface area contributed by atoms with Crippen molar-refractivity contribution in [3.05, 3.63) is 22.9 Å². The quantitative estimate of drug-likeness (QED) is 0.917. The Balaban J connectivity index is 1.85. The maximum Gasteiger partial charge on any atom is 0.133 e. The third-order valence-electron chi connectivity index (χ3n) is 4.65. The van der Waals surface area contributed by atoms with Crippen molar-refractivity contribution in [2.45, 2.75) is 51.2 Å².